The molecule has 0 spiro atoms. The fraction of sp³-hybridized carbons (Fsp3) is 0.350. The van der Waals surface area contributed by atoms with Crippen LogP contribution in [0, 0.1) is 5.82 Å². The van der Waals surface area contributed by atoms with Gasteiger partial charge in [0.15, 0.2) is 0 Å². The Morgan fingerprint density at radius 3 is 2.68 bits per heavy atom. The maximum Gasteiger partial charge on any atom is 0.248 e. The molecule has 1 amide bonds. The van der Waals surface area contributed by atoms with Crippen LogP contribution >= 0.6 is 0 Å². The van der Waals surface area contributed by atoms with Crippen LogP contribution in [0.5, 0.6) is 0 Å². The van der Waals surface area contributed by atoms with Gasteiger partial charge in [-0.05, 0) is 62.3 Å². The first-order valence-electron chi connectivity index (χ1n) is 9.47. The molecule has 1 fully saturated rings. The molecule has 3 heterocycles. The van der Waals surface area contributed by atoms with E-state index in [1.165, 1.54) is 12.1 Å². The van der Waals surface area contributed by atoms with E-state index in [0.717, 1.165) is 24.5 Å². The summed E-state index contributed by atoms with van der Waals surface area (Å²) < 4.78 is 16.5. The van der Waals surface area contributed by atoms with Gasteiger partial charge in [0.1, 0.15) is 11.4 Å². The molecule has 7 nitrogen and oxygen atoms in total. The van der Waals surface area contributed by atoms with Gasteiger partial charge in [0.25, 0.3) is 0 Å². The standard InChI is InChI=1S/C20H23FN6O/c21-16-2-4-18(5-3-16)26-15-7-17(25-26)6-11-23-19(28)20(8-12-22-13-9-20)27-14-1-10-24-27/h1-5,7,10,14-15,22H,6,8-9,11-13H2,(H,23,28). The second kappa shape index (κ2) is 7.93. The van der Waals surface area contributed by atoms with Gasteiger partial charge in [-0.3, -0.25) is 9.48 Å². The summed E-state index contributed by atoms with van der Waals surface area (Å²) in [6.07, 6.45) is 7.43. The van der Waals surface area contributed by atoms with Gasteiger partial charge in [-0.2, -0.15) is 10.2 Å². The lowest BCUT2D eigenvalue weighted by atomic mass is 9.87. The molecule has 0 saturated carbocycles. The fourth-order valence-corrected chi connectivity index (χ4v) is 3.62. The summed E-state index contributed by atoms with van der Waals surface area (Å²) >= 11 is 0. The second-order valence-electron chi connectivity index (χ2n) is 6.97. The predicted octanol–water partition coefficient (Wildman–Crippen LogP) is 1.65. The number of aromatic nitrogens is 4. The molecule has 1 aliphatic rings. The van der Waals surface area contributed by atoms with Crippen molar-refractivity contribution in [2.24, 2.45) is 0 Å². The highest BCUT2D eigenvalue weighted by molar-refractivity contribution is 5.84. The molecule has 4 rings (SSSR count). The van der Waals surface area contributed by atoms with Crippen molar-refractivity contribution in [2.75, 3.05) is 19.6 Å². The number of amides is 1. The van der Waals surface area contributed by atoms with Gasteiger partial charge in [-0.25, -0.2) is 9.07 Å². The zero-order valence-electron chi connectivity index (χ0n) is 15.5. The highest BCUT2D eigenvalue weighted by atomic mass is 19.1. The van der Waals surface area contributed by atoms with Gasteiger partial charge in [0.05, 0.1) is 11.4 Å². The third-order valence-electron chi connectivity index (χ3n) is 5.20. The smallest absolute Gasteiger partial charge is 0.248 e. The Balaban J connectivity index is 1.38. The zero-order chi connectivity index (χ0) is 19.4. The number of rotatable bonds is 6. The van der Waals surface area contributed by atoms with Crippen molar-refractivity contribution < 1.29 is 9.18 Å². The van der Waals surface area contributed by atoms with E-state index >= 15 is 0 Å². The van der Waals surface area contributed by atoms with Crippen LogP contribution in [0.1, 0.15) is 18.5 Å². The molecular weight excluding hydrogens is 359 g/mol. The van der Waals surface area contributed by atoms with Crippen molar-refractivity contribution in [3.05, 3.63) is 66.5 Å². The Morgan fingerprint density at radius 1 is 1.18 bits per heavy atom. The Kier molecular flexibility index (Phi) is 5.21. The van der Waals surface area contributed by atoms with Crippen LogP contribution in [-0.2, 0) is 16.8 Å². The predicted molar refractivity (Wildman–Crippen MR) is 103 cm³/mol. The molecule has 2 aromatic heterocycles. The normalized spacial score (nSPS) is 16.0. The second-order valence-corrected chi connectivity index (χ2v) is 6.97. The molecule has 2 N–H and O–H groups in total. The highest BCUT2D eigenvalue weighted by Crippen LogP contribution is 2.27. The molecule has 0 atom stereocenters. The number of hydrogen-bond donors (Lipinski definition) is 2. The first-order chi connectivity index (χ1) is 13.7. The summed E-state index contributed by atoms with van der Waals surface area (Å²) in [6, 6.07) is 9.93. The highest BCUT2D eigenvalue weighted by Gasteiger charge is 2.41. The molecule has 1 aliphatic heterocycles. The Bertz CT molecular complexity index is 913. The molecule has 0 aliphatic carbocycles. The summed E-state index contributed by atoms with van der Waals surface area (Å²) in [5, 5.41) is 15.2. The van der Waals surface area contributed by atoms with E-state index < -0.39 is 5.54 Å². The van der Waals surface area contributed by atoms with Gasteiger partial charge in [-0.1, -0.05) is 0 Å². The molecular formula is C20H23FN6O. The van der Waals surface area contributed by atoms with E-state index in [1.54, 1.807) is 27.7 Å². The van der Waals surface area contributed by atoms with Crippen LogP contribution < -0.4 is 10.6 Å². The summed E-state index contributed by atoms with van der Waals surface area (Å²) in [6.45, 7) is 2.07. The van der Waals surface area contributed by atoms with Crippen molar-refractivity contribution in [1.29, 1.82) is 0 Å². The largest absolute Gasteiger partial charge is 0.354 e. The van der Waals surface area contributed by atoms with E-state index in [9.17, 15) is 9.18 Å². The molecule has 3 aromatic rings. The Hall–Kier alpha value is -3.00. The number of benzene rings is 1. The van der Waals surface area contributed by atoms with Gasteiger partial charge in [0, 0.05) is 31.6 Å². The number of hydrogen-bond acceptors (Lipinski definition) is 4. The average Bonchev–Trinajstić information content (AvgIpc) is 3.42. The molecule has 0 bridgehead atoms. The van der Waals surface area contributed by atoms with Gasteiger partial charge in [0.2, 0.25) is 5.91 Å². The summed E-state index contributed by atoms with van der Waals surface area (Å²) in [7, 11) is 0. The van der Waals surface area contributed by atoms with Gasteiger partial charge >= 0.3 is 0 Å². The third kappa shape index (κ3) is 3.68. The fourth-order valence-electron chi connectivity index (χ4n) is 3.62. The number of nitrogens with zero attached hydrogens (tertiary/aromatic N) is 4. The van der Waals surface area contributed by atoms with Crippen molar-refractivity contribution in [3.63, 3.8) is 0 Å². The SMILES string of the molecule is O=C(NCCc1ccn(-c2ccc(F)cc2)n1)C1(n2cccn2)CCNCC1. The summed E-state index contributed by atoms with van der Waals surface area (Å²) in [4.78, 5) is 13.0. The van der Waals surface area contributed by atoms with Crippen LogP contribution in [0.15, 0.2) is 55.0 Å². The van der Waals surface area contributed by atoms with Crippen LogP contribution in [0.3, 0.4) is 0 Å². The molecule has 0 unspecified atom stereocenters. The van der Waals surface area contributed by atoms with Gasteiger partial charge in [-0.15, -0.1) is 0 Å². The van der Waals surface area contributed by atoms with Crippen molar-refractivity contribution in [2.45, 2.75) is 24.8 Å². The lowest BCUT2D eigenvalue weighted by Crippen LogP contribution is -2.54. The number of piperidine rings is 1. The quantitative estimate of drug-likeness (QED) is 0.680. The zero-order valence-corrected chi connectivity index (χ0v) is 15.5. The lowest BCUT2D eigenvalue weighted by Gasteiger charge is -2.36. The average molecular weight is 382 g/mol. The minimum Gasteiger partial charge on any atom is -0.354 e. The van der Waals surface area contributed by atoms with Crippen LogP contribution in [0.4, 0.5) is 4.39 Å². The number of carbonyl (C=O) groups excluding carboxylic acids is 1. The summed E-state index contributed by atoms with van der Waals surface area (Å²) in [5.41, 5.74) is 1.02. The molecule has 1 aromatic carbocycles. The molecule has 146 valence electrons. The van der Waals surface area contributed by atoms with Gasteiger partial charge < -0.3 is 10.6 Å². The summed E-state index contributed by atoms with van der Waals surface area (Å²) in [5.74, 6) is -0.279. The molecule has 28 heavy (non-hydrogen) atoms. The number of halogens is 1. The molecule has 0 radical (unpaired) electrons. The van der Waals surface area contributed by atoms with Crippen LogP contribution in [0.2, 0.25) is 0 Å². The van der Waals surface area contributed by atoms with E-state index in [0.29, 0.717) is 25.8 Å². The van der Waals surface area contributed by atoms with Crippen LogP contribution in [-0.4, -0.2) is 45.1 Å². The van der Waals surface area contributed by atoms with Crippen molar-refractivity contribution >= 4 is 5.91 Å². The third-order valence-corrected chi connectivity index (χ3v) is 5.20. The maximum absolute atomic E-state index is 13.1. The van der Waals surface area contributed by atoms with Crippen LogP contribution in [0.25, 0.3) is 5.69 Å². The van der Waals surface area contributed by atoms with Crippen molar-refractivity contribution in [3.8, 4) is 5.69 Å². The Morgan fingerprint density at radius 2 is 1.96 bits per heavy atom. The number of nitrogens with one attached hydrogen (secondary N) is 2. The first-order valence-corrected chi connectivity index (χ1v) is 9.47. The van der Waals surface area contributed by atoms with E-state index in [1.807, 2.05) is 24.5 Å². The van der Waals surface area contributed by atoms with E-state index in [-0.39, 0.29) is 11.7 Å². The first kappa shape index (κ1) is 18.4. The molecule has 1 saturated heterocycles. The maximum atomic E-state index is 13.1. The Labute approximate surface area is 162 Å². The minimum atomic E-state index is -0.637. The van der Waals surface area contributed by atoms with Crippen molar-refractivity contribution in [1.82, 2.24) is 30.2 Å². The van der Waals surface area contributed by atoms with E-state index in [2.05, 4.69) is 20.8 Å². The number of carbonyl (C=O) groups is 1. The topological polar surface area (TPSA) is 76.8 Å². The minimum absolute atomic E-state index is 0.00401. The molecule has 8 heteroatoms. The monoisotopic (exact) mass is 382 g/mol. The van der Waals surface area contributed by atoms with E-state index in [4.69, 9.17) is 0 Å². The lowest BCUT2D eigenvalue weighted by molar-refractivity contribution is -0.131.